The molecular weight excluding hydrogens is 212 g/mol. The quantitative estimate of drug-likeness (QED) is 0.534. The Balaban J connectivity index is 3.75. The summed E-state index contributed by atoms with van der Waals surface area (Å²) in [4.78, 5) is 21.7. The minimum Gasteiger partial charge on any atom is -0.481 e. The van der Waals surface area contributed by atoms with Gasteiger partial charge in [0, 0.05) is 26.1 Å². The van der Waals surface area contributed by atoms with Gasteiger partial charge in [0.05, 0.1) is 12.5 Å². The van der Waals surface area contributed by atoms with E-state index in [4.69, 9.17) is 15.6 Å². The highest BCUT2D eigenvalue weighted by Gasteiger charge is 2.13. The Morgan fingerprint density at radius 3 is 2.56 bits per heavy atom. The van der Waals surface area contributed by atoms with Crippen LogP contribution in [0.2, 0.25) is 0 Å². The molecule has 0 aliphatic rings. The van der Waals surface area contributed by atoms with Crippen molar-refractivity contribution in [2.24, 2.45) is 5.73 Å². The molecule has 0 fully saturated rings. The van der Waals surface area contributed by atoms with Gasteiger partial charge in [-0.2, -0.15) is 0 Å². The van der Waals surface area contributed by atoms with Gasteiger partial charge in [0.25, 0.3) is 0 Å². The normalized spacial score (nSPS) is 14.2. The Bertz CT molecular complexity index is 231. The molecular formula is C10H20N2O4. The van der Waals surface area contributed by atoms with Gasteiger partial charge in [0.2, 0.25) is 5.91 Å². The third-order valence-corrected chi connectivity index (χ3v) is 2.09. The van der Waals surface area contributed by atoms with Gasteiger partial charge in [-0.1, -0.05) is 0 Å². The molecule has 0 rings (SSSR count). The van der Waals surface area contributed by atoms with Crippen molar-refractivity contribution >= 4 is 11.9 Å². The van der Waals surface area contributed by atoms with Crippen molar-refractivity contribution in [2.45, 2.75) is 38.3 Å². The maximum Gasteiger partial charge on any atom is 0.306 e. The van der Waals surface area contributed by atoms with Crippen LogP contribution in [-0.2, 0) is 14.3 Å². The van der Waals surface area contributed by atoms with Crippen molar-refractivity contribution in [1.82, 2.24) is 5.32 Å². The van der Waals surface area contributed by atoms with Gasteiger partial charge in [0.1, 0.15) is 0 Å². The lowest BCUT2D eigenvalue weighted by molar-refractivity contribution is -0.140. The maximum atomic E-state index is 11.3. The number of nitrogens with two attached hydrogens (primary N) is 1. The predicted molar refractivity (Wildman–Crippen MR) is 58.9 cm³/mol. The topological polar surface area (TPSA) is 102 Å². The molecule has 0 aliphatic heterocycles. The zero-order valence-corrected chi connectivity index (χ0v) is 9.73. The molecule has 6 nitrogen and oxygen atoms in total. The van der Waals surface area contributed by atoms with Crippen molar-refractivity contribution in [3.05, 3.63) is 0 Å². The van der Waals surface area contributed by atoms with Crippen LogP contribution in [0.4, 0.5) is 0 Å². The van der Waals surface area contributed by atoms with Crippen LogP contribution in [0.25, 0.3) is 0 Å². The first-order valence-corrected chi connectivity index (χ1v) is 5.22. The first-order valence-electron chi connectivity index (χ1n) is 5.22. The Hall–Kier alpha value is -1.14. The van der Waals surface area contributed by atoms with Crippen molar-refractivity contribution in [2.75, 3.05) is 13.7 Å². The molecule has 4 N–H and O–H groups in total. The summed E-state index contributed by atoms with van der Waals surface area (Å²) in [7, 11) is 1.42. The smallest absolute Gasteiger partial charge is 0.306 e. The van der Waals surface area contributed by atoms with Gasteiger partial charge in [0.15, 0.2) is 0 Å². The number of ether oxygens (including phenoxy) is 1. The SMILES string of the molecule is COC(CNC(=O)CCC(C)N)CC(=O)O. The predicted octanol–water partition coefficient (Wildman–Crippen LogP) is -0.280. The fourth-order valence-corrected chi connectivity index (χ4v) is 1.11. The summed E-state index contributed by atoms with van der Waals surface area (Å²) >= 11 is 0. The number of methoxy groups -OCH3 is 1. The second-order valence-electron chi connectivity index (χ2n) is 3.78. The molecule has 6 heteroatoms. The van der Waals surface area contributed by atoms with Gasteiger partial charge in [-0.25, -0.2) is 0 Å². The van der Waals surface area contributed by atoms with E-state index >= 15 is 0 Å². The second kappa shape index (κ2) is 8.06. The second-order valence-corrected chi connectivity index (χ2v) is 3.78. The number of hydrogen-bond donors (Lipinski definition) is 3. The van der Waals surface area contributed by atoms with Crippen LogP contribution in [0, 0.1) is 0 Å². The van der Waals surface area contributed by atoms with E-state index in [1.165, 1.54) is 7.11 Å². The fourth-order valence-electron chi connectivity index (χ4n) is 1.11. The molecule has 0 spiro atoms. The van der Waals surface area contributed by atoms with E-state index in [0.29, 0.717) is 12.8 Å². The zero-order valence-electron chi connectivity index (χ0n) is 9.73. The largest absolute Gasteiger partial charge is 0.481 e. The highest BCUT2D eigenvalue weighted by molar-refractivity contribution is 5.76. The Morgan fingerprint density at radius 1 is 1.50 bits per heavy atom. The van der Waals surface area contributed by atoms with Crippen LogP contribution in [0.3, 0.4) is 0 Å². The first kappa shape index (κ1) is 14.9. The summed E-state index contributed by atoms with van der Waals surface area (Å²) in [5.74, 6) is -1.08. The molecule has 16 heavy (non-hydrogen) atoms. The fraction of sp³-hybridized carbons (Fsp3) is 0.800. The zero-order chi connectivity index (χ0) is 12.6. The number of carbonyl (C=O) groups is 2. The average molecular weight is 232 g/mol. The molecule has 0 aliphatic carbocycles. The van der Waals surface area contributed by atoms with Gasteiger partial charge < -0.3 is 20.9 Å². The lowest BCUT2D eigenvalue weighted by atomic mass is 10.2. The van der Waals surface area contributed by atoms with Crippen LogP contribution in [0.1, 0.15) is 26.2 Å². The van der Waals surface area contributed by atoms with Gasteiger partial charge in [-0.05, 0) is 13.3 Å². The molecule has 94 valence electrons. The number of hydrogen-bond acceptors (Lipinski definition) is 4. The maximum absolute atomic E-state index is 11.3. The molecule has 1 amide bonds. The standard InChI is InChI=1S/C10H20N2O4/c1-7(11)3-4-9(13)12-6-8(16-2)5-10(14)15/h7-8H,3-6,11H2,1-2H3,(H,12,13)(H,14,15). The molecule has 0 radical (unpaired) electrons. The third kappa shape index (κ3) is 8.19. The summed E-state index contributed by atoms with van der Waals surface area (Å²) in [5, 5.41) is 11.2. The van der Waals surface area contributed by atoms with Crippen LogP contribution in [0.5, 0.6) is 0 Å². The van der Waals surface area contributed by atoms with Crippen molar-refractivity contribution in [1.29, 1.82) is 0 Å². The number of carboxylic acid groups (broad SMARTS) is 1. The van der Waals surface area contributed by atoms with Crippen LogP contribution >= 0.6 is 0 Å². The molecule has 0 saturated carbocycles. The monoisotopic (exact) mass is 232 g/mol. The minimum atomic E-state index is -0.948. The minimum absolute atomic E-state index is 0.0111. The molecule has 2 unspecified atom stereocenters. The Kier molecular flexibility index (Phi) is 7.49. The van der Waals surface area contributed by atoms with E-state index in [0.717, 1.165) is 0 Å². The highest BCUT2D eigenvalue weighted by atomic mass is 16.5. The van der Waals surface area contributed by atoms with E-state index in [-0.39, 0.29) is 24.9 Å². The number of carbonyl (C=O) groups excluding carboxylic acids is 1. The molecule has 0 aromatic rings. The number of rotatable bonds is 8. The van der Waals surface area contributed by atoms with E-state index in [2.05, 4.69) is 5.32 Å². The number of aliphatic carboxylic acids is 1. The van der Waals surface area contributed by atoms with E-state index < -0.39 is 12.1 Å². The van der Waals surface area contributed by atoms with E-state index in [1.54, 1.807) is 0 Å². The lowest BCUT2D eigenvalue weighted by Gasteiger charge is -2.14. The average Bonchev–Trinajstić information content (AvgIpc) is 2.20. The number of nitrogens with one attached hydrogen (secondary N) is 1. The summed E-state index contributed by atoms with van der Waals surface area (Å²) in [6.45, 7) is 2.04. The van der Waals surface area contributed by atoms with E-state index in [1.807, 2.05) is 6.92 Å². The first-order chi connectivity index (χ1) is 7.45. The highest BCUT2D eigenvalue weighted by Crippen LogP contribution is 1.97. The molecule has 0 saturated heterocycles. The summed E-state index contributed by atoms with van der Waals surface area (Å²) in [6, 6.07) is -0.0111. The van der Waals surface area contributed by atoms with Crippen molar-refractivity contribution in [3.8, 4) is 0 Å². The van der Waals surface area contributed by atoms with E-state index in [9.17, 15) is 9.59 Å². The van der Waals surface area contributed by atoms with Gasteiger partial charge in [-0.15, -0.1) is 0 Å². The number of carboxylic acids is 1. The van der Waals surface area contributed by atoms with Gasteiger partial charge in [-0.3, -0.25) is 9.59 Å². The molecule has 0 aromatic carbocycles. The van der Waals surface area contributed by atoms with Crippen LogP contribution in [-0.4, -0.2) is 42.8 Å². The molecule has 0 heterocycles. The molecule has 0 aromatic heterocycles. The van der Waals surface area contributed by atoms with Crippen molar-refractivity contribution < 1.29 is 19.4 Å². The summed E-state index contributed by atoms with van der Waals surface area (Å²) < 4.78 is 4.92. The lowest BCUT2D eigenvalue weighted by Crippen LogP contribution is -2.35. The summed E-state index contributed by atoms with van der Waals surface area (Å²) in [5.41, 5.74) is 5.51. The van der Waals surface area contributed by atoms with Crippen molar-refractivity contribution in [3.63, 3.8) is 0 Å². The van der Waals surface area contributed by atoms with Gasteiger partial charge >= 0.3 is 5.97 Å². The van der Waals surface area contributed by atoms with Crippen LogP contribution in [0.15, 0.2) is 0 Å². The Labute approximate surface area is 95.1 Å². The molecule has 2 atom stereocenters. The Morgan fingerprint density at radius 2 is 2.12 bits per heavy atom. The molecule has 0 bridgehead atoms. The summed E-state index contributed by atoms with van der Waals surface area (Å²) in [6.07, 6.45) is 0.352. The third-order valence-electron chi connectivity index (χ3n) is 2.09. The van der Waals surface area contributed by atoms with Crippen LogP contribution < -0.4 is 11.1 Å². The number of amides is 1.